The van der Waals surface area contributed by atoms with E-state index in [2.05, 4.69) is 20.3 Å². The molecule has 0 radical (unpaired) electrons. The summed E-state index contributed by atoms with van der Waals surface area (Å²) in [6.07, 6.45) is 2.27. The third kappa shape index (κ3) is 3.34. The summed E-state index contributed by atoms with van der Waals surface area (Å²) in [7, 11) is 0. The lowest BCUT2D eigenvalue weighted by molar-refractivity contribution is 0.0693. The number of hydrogen-bond acceptors (Lipinski definition) is 8. The normalized spacial score (nSPS) is 27.7. The first-order chi connectivity index (χ1) is 13.2. The highest BCUT2D eigenvalue weighted by atomic mass is 32.2. The first kappa shape index (κ1) is 19.4. The number of aliphatic hydroxyl groups is 1. The zero-order valence-corrected chi connectivity index (χ0v) is 16.4. The molecule has 2 aromatic heterocycles. The van der Waals surface area contributed by atoms with Gasteiger partial charge in [-0.25, -0.2) is 18.7 Å². The number of nitrogens with one attached hydrogen (secondary N) is 1. The van der Waals surface area contributed by atoms with E-state index in [0.717, 1.165) is 11.9 Å². The third-order valence-corrected chi connectivity index (χ3v) is 6.30. The maximum atomic E-state index is 14.1. The van der Waals surface area contributed by atoms with Crippen molar-refractivity contribution in [2.75, 3.05) is 23.7 Å². The van der Waals surface area contributed by atoms with Crippen molar-refractivity contribution in [2.45, 2.75) is 30.5 Å². The number of anilines is 1. The Morgan fingerprint density at radius 1 is 1.32 bits per heavy atom. The Morgan fingerprint density at radius 3 is 2.79 bits per heavy atom. The van der Waals surface area contributed by atoms with Crippen LogP contribution in [0.25, 0.3) is 0 Å². The summed E-state index contributed by atoms with van der Waals surface area (Å²) in [5, 5.41) is 13.6. The molecule has 0 spiro atoms. The minimum Gasteiger partial charge on any atom is -0.384 e. The predicted molar refractivity (Wildman–Crippen MR) is 102 cm³/mol. The number of fused-ring (bicyclic) bond motifs is 1. The van der Waals surface area contributed by atoms with Crippen molar-refractivity contribution < 1.29 is 13.9 Å². The lowest BCUT2D eigenvalue weighted by Gasteiger charge is -2.41. The summed E-state index contributed by atoms with van der Waals surface area (Å²) in [6.45, 7) is 4.00. The lowest BCUT2D eigenvalue weighted by Crippen LogP contribution is -2.59. The van der Waals surface area contributed by atoms with Gasteiger partial charge in [0.2, 0.25) is 5.95 Å². The standard InChI is InChI=1S/C18H22F2N6OS/c1-17(2,27)14-12(20)6-23-16(24-14)26-7-10-8-28-15(21)25-18(10,9-26)13-4-3-11(19)5-22-13/h3-6,10,15,25,27H,7-9,21H2,1-2H3/t10-,15?,18-/m0/s1. The number of halogens is 2. The number of thioether (sulfide) groups is 1. The smallest absolute Gasteiger partial charge is 0.225 e. The zero-order chi connectivity index (χ0) is 20.1. The van der Waals surface area contributed by atoms with E-state index < -0.39 is 22.8 Å². The van der Waals surface area contributed by atoms with Crippen molar-refractivity contribution >= 4 is 17.7 Å². The van der Waals surface area contributed by atoms with Crippen LogP contribution in [0.5, 0.6) is 0 Å². The Kier molecular flexibility index (Phi) is 4.77. The van der Waals surface area contributed by atoms with E-state index in [1.807, 2.05) is 4.90 Å². The minimum atomic E-state index is -1.43. The van der Waals surface area contributed by atoms with Crippen LogP contribution in [0.3, 0.4) is 0 Å². The number of rotatable bonds is 3. The van der Waals surface area contributed by atoms with Crippen molar-refractivity contribution in [3.05, 3.63) is 47.5 Å². The molecule has 4 N–H and O–H groups in total. The van der Waals surface area contributed by atoms with Crippen LogP contribution in [0.2, 0.25) is 0 Å². The first-order valence-electron chi connectivity index (χ1n) is 8.96. The summed E-state index contributed by atoms with van der Waals surface area (Å²) in [6, 6.07) is 3.04. The van der Waals surface area contributed by atoms with Gasteiger partial charge in [0.05, 0.1) is 23.6 Å². The Bertz CT molecular complexity index is 877. The van der Waals surface area contributed by atoms with Crippen LogP contribution in [0.1, 0.15) is 25.2 Å². The fourth-order valence-electron chi connectivity index (χ4n) is 3.89. The Labute approximate surface area is 165 Å². The molecule has 0 aliphatic carbocycles. The van der Waals surface area contributed by atoms with E-state index in [0.29, 0.717) is 24.7 Å². The summed E-state index contributed by atoms with van der Waals surface area (Å²) in [5.41, 5.74) is 4.48. The van der Waals surface area contributed by atoms with Gasteiger partial charge in [-0.05, 0) is 26.0 Å². The van der Waals surface area contributed by atoms with Crippen LogP contribution in [-0.4, -0.2) is 44.4 Å². The monoisotopic (exact) mass is 408 g/mol. The molecule has 2 saturated heterocycles. The van der Waals surface area contributed by atoms with Gasteiger partial charge < -0.3 is 15.7 Å². The van der Waals surface area contributed by atoms with Crippen LogP contribution >= 0.6 is 11.8 Å². The van der Waals surface area contributed by atoms with Gasteiger partial charge in [0.1, 0.15) is 22.6 Å². The molecule has 2 aromatic rings. The van der Waals surface area contributed by atoms with Gasteiger partial charge in [0, 0.05) is 24.8 Å². The maximum absolute atomic E-state index is 14.1. The van der Waals surface area contributed by atoms with Gasteiger partial charge in [-0.1, -0.05) is 0 Å². The molecule has 10 heteroatoms. The average Bonchev–Trinajstić information content (AvgIpc) is 3.01. The Morgan fingerprint density at radius 2 is 2.11 bits per heavy atom. The topological polar surface area (TPSA) is 100 Å². The van der Waals surface area contributed by atoms with E-state index in [1.54, 1.807) is 17.8 Å². The fourth-order valence-corrected chi connectivity index (χ4v) is 5.01. The molecule has 28 heavy (non-hydrogen) atoms. The third-order valence-electron chi connectivity index (χ3n) is 5.23. The van der Waals surface area contributed by atoms with Crippen molar-refractivity contribution in [2.24, 2.45) is 11.7 Å². The predicted octanol–water partition coefficient (Wildman–Crippen LogP) is 1.29. The molecule has 0 amide bonds. The molecule has 0 saturated carbocycles. The number of nitrogens with zero attached hydrogens (tertiary/aromatic N) is 4. The highest BCUT2D eigenvalue weighted by Crippen LogP contribution is 2.43. The average molecular weight is 408 g/mol. The molecule has 2 aliphatic rings. The fraction of sp³-hybridized carbons (Fsp3) is 0.500. The summed E-state index contributed by atoms with van der Waals surface area (Å²) in [5.74, 6) is 0.170. The van der Waals surface area contributed by atoms with Gasteiger partial charge in [0.15, 0.2) is 5.82 Å². The van der Waals surface area contributed by atoms with Gasteiger partial charge in [-0.2, -0.15) is 0 Å². The SMILES string of the molecule is CC(C)(O)c1nc(N2C[C@H]3CSC(N)N[C@@]3(c3ccc(F)cn3)C2)ncc1F. The van der Waals surface area contributed by atoms with Crippen molar-refractivity contribution in [3.8, 4) is 0 Å². The summed E-state index contributed by atoms with van der Waals surface area (Å²) in [4.78, 5) is 14.6. The molecule has 7 nitrogen and oxygen atoms in total. The number of aromatic nitrogens is 3. The number of hydrogen-bond donors (Lipinski definition) is 3. The second kappa shape index (κ2) is 6.87. The second-order valence-electron chi connectivity index (χ2n) is 7.73. The van der Waals surface area contributed by atoms with Gasteiger partial charge >= 0.3 is 0 Å². The van der Waals surface area contributed by atoms with Crippen molar-refractivity contribution in [1.29, 1.82) is 0 Å². The molecular weight excluding hydrogens is 386 g/mol. The molecule has 4 heterocycles. The zero-order valence-electron chi connectivity index (χ0n) is 15.6. The van der Waals surface area contributed by atoms with E-state index in [1.165, 1.54) is 26.1 Å². The molecular formula is C18H22F2N6OS. The number of pyridine rings is 1. The molecule has 3 atom stereocenters. The van der Waals surface area contributed by atoms with Gasteiger partial charge in [-0.15, -0.1) is 11.8 Å². The summed E-state index contributed by atoms with van der Waals surface area (Å²) >= 11 is 1.60. The van der Waals surface area contributed by atoms with Crippen molar-refractivity contribution in [3.63, 3.8) is 0 Å². The molecule has 2 aliphatic heterocycles. The first-order valence-corrected chi connectivity index (χ1v) is 10.0. The maximum Gasteiger partial charge on any atom is 0.225 e. The van der Waals surface area contributed by atoms with Crippen LogP contribution in [0.15, 0.2) is 24.5 Å². The Balaban J connectivity index is 1.72. The molecule has 150 valence electrons. The van der Waals surface area contributed by atoms with Crippen molar-refractivity contribution in [1.82, 2.24) is 20.3 Å². The van der Waals surface area contributed by atoms with E-state index in [9.17, 15) is 13.9 Å². The van der Waals surface area contributed by atoms with E-state index in [4.69, 9.17) is 5.73 Å². The molecule has 1 unspecified atom stereocenters. The van der Waals surface area contributed by atoms with Crippen LogP contribution in [0.4, 0.5) is 14.7 Å². The Hall–Kier alpha value is -1.88. The molecule has 0 bridgehead atoms. The molecule has 2 fully saturated rings. The van der Waals surface area contributed by atoms with Crippen LogP contribution in [-0.2, 0) is 11.1 Å². The summed E-state index contributed by atoms with van der Waals surface area (Å²) < 4.78 is 27.5. The molecule has 0 aromatic carbocycles. The van der Waals surface area contributed by atoms with Gasteiger partial charge in [-0.3, -0.25) is 10.3 Å². The molecule has 4 rings (SSSR count). The highest BCUT2D eigenvalue weighted by Gasteiger charge is 2.52. The van der Waals surface area contributed by atoms with Crippen LogP contribution < -0.4 is 16.0 Å². The highest BCUT2D eigenvalue weighted by molar-refractivity contribution is 7.99. The van der Waals surface area contributed by atoms with Crippen LogP contribution in [0, 0.1) is 17.6 Å². The number of nitrogens with two attached hydrogens (primary N) is 1. The largest absolute Gasteiger partial charge is 0.384 e. The van der Waals surface area contributed by atoms with E-state index >= 15 is 0 Å². The lowest BCUT2D eigenvalue weighted by atomic mass is 9.84. The van der Waals surface area contributed by atoms with Gasteiger partial charge in [0.25, 0.3) is 0 Å². The second-order valence-corrected chi connectivity index (χ2v) is 8.91. The van der Waals surface area contributed by atoms with E-state index in [-0.39, 0.29) is 17.1 Å². The quantitative estimate of drug-likeness (QED) is 0.699. The minimum absolute atomic E-state index is 0.0552.